The Hall–Kier alpha value is -2.41. The summed E-state index contributed by atoms with van der Waals surface area (Å²) in [6.07, 6.45) is 2.13. The van der Waals surface area contributed by atoms with E-state index in [1.165, 1.54) is 11.8 Å². The van der Waals surface area contributed by atoms with Crippen LogP contribution in [0.5, 0.6) is 0 Å². The summed E-state index contributed by atoms with van der Waals surface area (Å²) in [5.41, 5.74) is 2.12. The molecule has 0 aliphatic carbocycles. The molecule has 2 aliphatic rings. The maximum atomic E-state index is 13.1. The van der Waals surface area contributed by atoms with E-state index in [2.05, 4.69) is 0 Å². The second-order valence-electron chi connectivity index (χ2n) is 7.14. The molecule has 7 heteroatoms. The lowest BCUT2D eigenvalue weighted by Crippen LogP contribution is -2.48. The van der Waals surface area contributed by atoms with Crippen molar-refractivity contribution in [2.75, 3.05) is 26.3 Å². The second-order valence-corrected chi connectivity index (χ2v) is 7.14. The standard InChI is InChI=1S/C20H26N2O5/c1-14(23)21-9-6-15-4-2-3-5-17(15)18(21)12-19(24)22(13-20(25)26)16-7-10-27-11-8-16/h2-5,16,18H,6-13H2,1H3,(H,25,26)/t18-/m0/s1. The van der Waals surface area contributed by atoms with Crippen molar-refractivity contribution >= 4 is 17.8 Å². The molecule has 7 nitrogen and oxygen atoms in total. The third-order valence-electron chi connectivity index (χ3n) is 5.44. The van der Waals surface area contributed by atoms with Gasteiger partial charge in [-0.2, -0.15) is 0 Å². The topological polar surface area (TPSA) is 87.2 Å². The maximum absolute atomic E-state index is 13.1. The van der Waals surface area contributed by atoms with Gasteiger partial charge in [-0.15, -0.1) is 0 Å². The van der Waals surface area contributed by atoms with E-state index in [1.54, 1.807) is 4.90 Å². The molecule has 0 spiro atoms. The molecule has 3 rings (SSSR count). The molecule has 0 unspecified atom stereocenters. The van der Waals surface area contributed by atoms with Gasteiger partial charge < -0.3 is 19.6 Å². The highest BCUT2D eigenvalue weighted by Gasteiger charge is 2.34. The minimum Gasteiger partial charge on any atom is -0.480 e. The van der Waals surface area contributed by atoms with E-state index in [1.807, 2.05) is 24.3 Å². The summed E-state index contributed by atoms with van der Waals surface area (Å²) in [5.74, 6) is -1.32. The Bertz CT molecular complexity index is 714. The van der Waals surface area contributed by atoms with Crippen LogP contribution < -0.4 is 0 Å². The SMILES string of the molecule is CC(=O)N1CCc2ccccc2[C@@H]1CC(=O)N(CC(=O)O)C1CCOCC1. The van der Waals surface area contributed by atoms with Crippen LogP contribution in [0, 0.1) is 0 Å². The average Bonchev–Trinajstić information content (AvgIpc) is 2.66. The lowest BCUT2D eigenvalue weighted by Gasteiger charge is -2.39. The van der Waals surface area contributed by atoms with Crippen LogP contribution >= 0.6 is 0 Å². The number of benzene rings is 1. The summed E-state index contributed by atoms with van der Waals surface area (Å²) in [6.45, 7) is 2.82. The monoisotopic (exact) mass is 374 g/mol. The molecular formula is C20H26N2O5. The Balaban J connectivity index is 1.83. The smallest absolute Gasteiger partial charge is 0.323 e. The van der Waals surface area contributed by atoms with Crippen LogP contribution in [0.25, 0.3) is 0 Å². The predicted molar refractivity (Wildman–Crippen MR) is 98.1 cm³/mol. The third-order valence-corrected chi connectivity index (χ3v) is 5.44. The van der Waals surface area contributed by atoms with Crippen molar-refractivity contribution in [3.63, 3.8) is 0 Å². The first-order valence-electron chi connectivity index (χ1n) is 9.41. The fourth-order valence-electron chi connectivity index (χ4n) is 4.09. The summed E-state index contributed by atoms with van der Waals surface area (Å²) in [7, 11) is 0. The van der Waals surface area contributed by atoms with Crippen LogP contribution in [-0.2, 0) is 25.5 Å². The van der Waals surface area contributed by atoms with Crippen molar-refractivity contribution < 1.29 is 24.2 Å². The lowest BCUT2D eigenvalue weighted by atomic mass is 9.90. The van der Waals surface area contributed by atoms with Crippen molar-refractivity contribution in [1.82, 2.24) is 9.80 Å². The number of amides is 2. The van der Waals surface area contributed by atoms with Gasteiger partial charge in [0.15, 0.2) is 0 Å². The van der Waals surface area contributed by atoms with Crippen LogP contribution in [0.15, 0.2) is 24.3 Å². The molecule has 1 N–H and O–H groups in total. The van der Waals surface area contributed by atoms with E-state index in [9.17, 15) is 19.5 Å². The van der Waals surface area contributed by atoms with Crippen LogP contribution in [0.2, 0.25) is 0 Å². The van der Waals surface area contributed by atoms with Gasteiger partial charge in [0.25, 0.3) is 0 Å². The van der Waals surface area contributed by atoms with E-state index >= 15 is 0 Å². The average molecular weight is 374 g/mol. The van der Waals surface area contributed by atoms with Gasteiger partial charge in [-0.25, -0.2) is 0 Å². The molecule has 1 aromatic carbocycles. The number of ether oxygens (including phenoxy) is 1. The third kappa shape index (κ3) is 4.47. The quantitative estimate of drug-likeness (QED) is 0.846. The summed E-state index contributed by atoms with van der Waals surface area (Å²) in [5, 5.41) is 9.28. The van der Waals surface area contributed by atoms with Gasteiger partial charge in [-0.05, 0) is 30.4 Å². The Kier molecular flexibility index (Phi) is 6.11. The molecule has 0 radical (unpaired) electrons. The Morgan fingerprint density at radius 3 is 2.59 bits per heavy atom. The number of hydrogen-bond donors (Lipinski definition) is 1. The number of nitrogens with zero attached hydrogens (tertiary/aromatic N) is 2. The number of carbonyl (C=O) groups excluding carboxylic acids is 2. The fraction of sp³-hybridized carbons (Fsp3) is 0.550. The molecule has 0 aromatic heterocycles. The fourth-order valence-corrected chi connectivity index (χ4v) is 4.09. The van der Waals surface area contributed by atoms with Crippen LogP contribution in [0.4, 0.5) is 0 Å². The molecule has 1 aromatic rings. The number of aliphatic carboxylic acids is 1. The molecule has 1 atom stereocenters. The van der Waals surface area contributed by atoms with Gasteiger partial charge in [-0.1, -0.05) is 24.3 Å². The molecule has 2 aliphatic heterocycles. The second kappa shape index (κ2) is 8.52. The summed E-state index contributed by atoms with van der Waals surface area (Å²) in [4.78, 5) is 39.8. The summed E-state index contributed by atoms with van der Waals surface area (Å²) >= 11 is 0. The van der Waals surface area contributed by atoms with Crippen LogP contribution in [0.3, 0.4) is 0 Å². The highest BCUT2D eigenvalue weighted by molar-refractivity contribution is 5.83. The Labute approximate surface area is 158 Å². The molecular weight excluding hydrogens is 348 g/mol. The lowest BCUT2D eigenvalue weighted by molar-refractivity contribution is -0.149. The number of hydrogen-bond acceptors (Lipinski definition) is 4. The zero-order chi connectivity index (χ0) is 19.4. The van der Waals surface area contributed by atoms with Gasteiger partial charge in [-0.3, -0.25) is 14.4 Å². The number of carbonyl (C=O) groups is 3. The van der Waals surface area contributed by atoms with Gasteiger partial charge in [0.2, 0.25) is 11.8 Å². The maximum Gasteiger partial charge on any atom is 0.323 e. The number of rotatable bonds is 5. The Morgan fingerprint density at radius 2 is 1.93 bits per heavy atom. The van der Waals surface area contributed by atoms with E-state index in [0.717, 1.165) is 17.5 Å². The molecule has 2 amide bonds. The van der Waals surface area contributed by atoms with Crippen molar-refractivity contribution in [3.8, 4) is 0 Å². The minimum atomic E-state index is -1.03. The van der Waals surface area contributed by atoms with Gasteiger partial charge in [0.1, 0.15) is 6.54 Å². The van der Waals surface area contributed by atoms with Crippen molar-refractivity contribution in [2.24, 2.45) is 0 Å². The van der Waals surface area contributed by atoms with Crippen molar-refractivity contribution in [1.29, 1.82) is 0 Å². The molecule has 2 heterocycles. The highest BCUT2D eigenvalue weighted by atomic mass is 16.5. The summed E-state index contributed by atoms with van der Waals surface area (Å²) < 4.78 is 5.34. The van der Waals surface area contributed by atoms with Crippen LogP contribution in [-0.4, -0.2) is 65.0 Å². The van der Waals surface area contributed by atoms with Crippen LogP contribution in [0.1, 0.15) is 43.4 Å². The first-order chi connectivity index (χ1) is 13.0. The zero-order valence-electron chi connectivity index (χ0n) is 15.6. The molecule has 0 saturated carbocycles. The van der Waals surface area contributed by atoms with Gasteiger partial charge in [0.05, 0.1) is 12.5 Å². The number of carboxylic acids is 1. The van der Waals surface area contributed by atoms with Crippen molar-refractivity contribution in [2.45, 2.75) is 44.7 Å². The van der Waals surface area contributed by atoms with Crippen molar-refractivity contribution in [3.05, 3.63) is 35.4 Å². The minimum absolute atomic E-state index is 0.0712. The first-order valence-corrected chi connectivity index (χ1v) is 9.41. The predicted octanol–water partition coefficient (Wildman–Crippen LogP) is 1.61. The zero-order valence-corrected chi connectivity index (χ0v) is 15.6. The molecule has 146 valence electrons. The molecule has 0 bridgehead atoms. The number of fused-ring (bicyclic) bond motifs is 1. The van der Waals surface area contributed by atoms with E-state index < -0.39 is 5.97 Å². The summed E-state index contributed by atoms with van der Waals surface area (Å²) in [6, 6.07) is 7.37. The van der Waals surface area contributed by atoms with E-state index in [0.29, 0.717) is 32.6 Å². The molecule has 27 heavy (non-hydrogen) atoms. The van der Waals surface area contributed by atoms with E-state index in [-0.39, 0.29) is 36.9 Å². The highest BCUT2D eigenvalue weighted by Crippen LogP contribution is 2.33. The van der Waals surface area contributed by atoms with E-state index in [4.69, 9.17) is 4.74 Å². The Morgan fingerprint density at radius 1 is 1.22 bits per heavy atom. The normalized spacial score (nSPS) is 20.0. The van der Waals surface area contributed by atoms with Gasteiger partial charge in [0, 0.05) is 32.7 Å². The largest absolute Gasteiger partial charge is 0.480 e. The first kappa shape index (κ1) is 19.4. The molecule has 1 fully saturated rings. The van der Waals surface area contributed by atoms with Gasteiger partial charge >= 0.3 is 5.97 Å². The number of carboxylic acid groups (broad SMARTS) is 1. The molecule has 1 saturated heterocycles.